The summed E-state index contributed by atoms with van der Waals surface area (Å²) in [5, 5.41) is 11.1. The van der Waals surface area contributed by atoms with Crippen molar-refractivity contribution in [2.24, 2.45) is 0 Å². The van der Waals surface area contributed by atoms with Crippen LogP contribution in [-0.4, -0.2) is 14.5 Å². The summed E-state index contributed by atoms with van der Waals surface area (Å²) >= 11 is 0.0103. The first kappa shape index (κ1) is 25.7. The zero-order chi connectivity index (χ0) is 39.2. The average Bonchev–Trinajstić information content (AvgIpc) is 3.67. The van der Waals surface area contributed by atoms with Gasteiger partial charge in [0.2, 0.25) is 0 Å². The third-order valence-electron chi connectivity index (χ3n) is 10.7. The molecule has 11 rings (SSSR count). The molecule has 1 aromatic heterocycles. The molecule has 0 saturated heterocycles. The van der Waals surface area contributed by atoms with Gasteiger partial charge in [-0.05, 0) is 0 Å². The van der Waals surface area contributed by atoms with E-state index in [1.165, 1.54) is 63.1 Å². The third-order valence-corrected chi connectivity index (χ3v) is 13.3. The minimum atomic E-state index is -0.392. The van der Waals surface area contributed by atoms with E-state index in [-0.39, 0.29) is 44.2 Å². The normalized spacial score (nSPS) is 13.1. The maximum atomic E-state index is 9.00. The second-order valence-corrected chi connectivity index (χ2v) is 15.7. The van der Waals surface area contributed by atoms with Gasteiger partial charge < -0.3 is 0 Å². The van der Waals surface area contributed by atoms with Crippen molar-refractivity contribution in [3.8, 4) is 44.5 Å². The van der Waals surface area contributed by atoms with Gasteiger partial charge in [-0.1, -0.05) is 0 Å². The molecule has 0 fully saturated rings. The fourth-order valence-corrected chi connectivity index (χ4v) is 11.3. The molecule has 0 unspecified atom stereocenters. The summed E-state index contributed by atoms with van der Waals surface area (Å²) < 4.78 is 46.1. The van der Waals surface area contributed by atoms with Gasteiger partial charge in [0.05, 0.1) is 0 Å². The Labute approximate surface area is 321 Å². The van der Waals surface area contributed by atoms with E-state index in [1.807, 2.05) is 36.4 Å². The number of fused-ring (bicyclic) bond motifs is 7. The van der Waals surface area contributed by atoms with E-state index in [9.17, 15) is 0 Å². The van der Waals surface area contributed by atoms with Gasteiger partial charge >= 0.3 is 322 Å². The van der Waals surface area contributed by atoms with Crippen LogP contribution in [0.25, 0.3) is 107 Å². The molecule has 0 bridgehead atoms. The van der Waals surface area contributed by atoms with Crippen molar-refractivity contribution in [3.05, 3.63) is 194 Å². The second-order valence-electron chi connectivity index (χ2n) is 13.5. The van der Waals surface area contributed by atoms with Gasteiger partial charge in [-0.2, -0.15) is 0 Å². The molecule has 1 heteroatoms. The van der Waals surface area contributed by atoms with Crippen LogP contribution in [0.5, 0.6) is 0 Å². The van der Waals surface area contributed by atoms with Crippen molar-refractivity contribution < 1.29 is 6.85 Å². The quantitative estimate of drug-likeness (QED) is 0.124. The van der Waals surface area contributed by atoms with Gasteiger partial charge in [-0.25, -0.2) is 0 Å². The van der Waals surface area contributed by atoms with Gasteiger partial charge in [-0.15, -0.1) is 0 Å². The van der Waals surface area contributed by atoms with Gasteiger partial charge in [0, 0.05) is 0 Å². The number of rotatable bonds is 4. The molecule has 1 heterocycles. The van der Waals surface area contributed by atoms with Gasteiger partial charge in [0.1, 0.15) is 0 Å². The van der Waals surface area contributed by atoms with Gasteiger partial charge in [0.15, 0.2) is 0 Å². The third kappa shape index (κ3) is 4.62. The number of benzene rings is 10. The van der Waals surface area contributed by atoms with Crippen molar-refractivity contribution in [2.75, 3.05) is 0 Å². The molecule has 0 spiro atoms. The number of hydrogen-bond acceptors (Lipinski definition) is 0. The summed E-state index contributed by atoms with van der Waals surface area (Å²) in [6, 6.07) is 56.7. The minimum absolute atomic E-state index is 0.0103. The SMILES string of the molecule is [2H]c1c([2H])c([2H])c(-c2c3ccccc3c(-c3cccc4[se]c5c(-c6c7ccccc7c(-c7ccccc7)c7ccccc67)cccc5c34)c3ccccc23)c([2H])c1[2H]. The van der Waals surface area contributed by atoms with Crippen molar-refractivity contribution in [1.29, 1.82) is 0 Å². The molecule has 10 aromatic carbocycles. The Morgan fingerprint density at radius 1 is 0.321 bits per heavy atom. The molecule has 0 amide bonds. The standard InChI is InChI=1S/C52H32Se/c1-3-17-33(18-4-1)47-35-21-7-11-25-39(35)49(40-26-12-8-22-36(40)47)43-29-16-32-46-51(43)45-31-15-30-44(52(45)53-46)50-41-27-13-9-23-37(41)48(34-19-5-2-6-20-34)38-24-10-14-28-42(38)50/h1-32H/i1D,3D,4D,17D,18D. The van der Waals surface area contributed by atoms with Crippen molar-refractivity contribution in [3.63, 3.8) is 0 Å². The van der Waals surface area contributed by atoms with Gasteiger partial charge in [0.25, 0.3) is 0 Å². The van der Waals surface area contributed by atoms with Crippen molar-refractivity contribution in [1.82, 2.24) is 0 Å². The summed E-state index contributed by atoms with van der Waals surface area (Å²) in [7, 11) is 0. The Kier molecular flexibility index (Phi) is 5.90. The summed E-state index contributed by atoms with van der Waals surface area (Å²) in [5.74, 6) is 0. The molecular formula is C52H32Se. The fourth-order valence-electron chi connectivity index (χ4n) is 8.65. The molecule has 0 aliphatic carbocycles. The zero-order valence-corrected chi connectivity index (χ0v) is 30.2. The van der Waals surface area contributed by atoms with E-state index in [1.54, 1.807) is 0 Å². The van der Waals surface area contributed by atoms with Crippen LogP contribution in [0.15, 0.2) is 194 Å². The number of hydrogen-bond donors (Lipinski definition) is 0. The predicted molar refractivity (Wildman–Crippen MR) is 230 cm³/mol. The summed E-state index contributed by atoms with van der Waals surface area (Å²) in [6.07, 6.45) is 0. The van der Waals surface area contributed by atoms with E-state index in [0.717, 1.165) is 32.7 Å². The van der Waals surface area contributed by atoms with Crippen LogP contribution in [0.2, 0.25) is 0 Å². The van der Waals surface area contributed by atoms with E-state index >= 15 is 0 Å². The van der Waals surface area contributed by atoms with Gasteiger partial charge in [-0.3, -0.25) is 0 Å². The molecule has 53 heavy (non-hydrogen) atoms. The summed E-state index contributed by atoms with van der Waals surface area (Å²) in [4.78, 5) is 0. The van der Waals surface area contributed by atoms with Crippen LogP contribution < -0.4 is 0 Å². The predicted octanol–water partition coefficient (Wildman–Crippen LogP) is 14.3. The van der Waals surface area contributed by atoms with Crippen molar-refractivity contribution >= 4 is 76.9 Å². The second kappa shape index (κ2) is 12.2. The molecule has 246 valence electrons. The van der Waals surface area contributed by atoms with Crippen LogP contribution >= 0.6 is 0 Å². The summed E-state index contributed by atoms with van der Waals surface area (Å²) in [6.45, 7) is 0. The Hall–Kier alpha value is -6.24. The first-order chi connectivity index (χ1) is 28.4. The summed E-state index contributed by atoms with van der Waals surface area (Å²) in [5.41, 5.74) is 8.07. The molecule has 11 aromatic rings. The van der Waals surface area contributed by atoms with E-state index in [4.69, 9.17) is 6.85 Å². The average molecular weight is 741 g/mol. The first-order valence-electron chi connectivity index (χ1n) is 20.4. The molecule has 0 radical (unpaired) electrons. The molecule has 0 saturated carbocycles. The molecule has 0 nitrogen and oxygen atoms in total. The fraction of sp³-hybridized carbons (Fsp3) is 0. The topological polar surface area (TPSA) is 0 Å². The molecule has 0 N–H and O–H groups in total. The zero-order valence-electron chi connectivity index (χ0n) is 33.5. The van der Waals surface area contributed by atoms with Crippen LogP contribution in [0.1, 0.15) is 6.85 Å². The van der Waals surface area contributed by atoms with E-state index < -0.39 is 6.04 Å². The maximum absolute atomic E-state index is 9.00. The van der Waals surface area contributed by atoms with E-state index in [2.05, 4.69) is 127 Å². The Morgan fingerprint density at radius 2 is 0.736 bits per heavy atom. The van der Waals surface area contributed by atoms with Crippen molar-refractivity contribution in [2.45, 2.75) is 0 Å². The first-order valence-corrected chi connectivity index (χ1v) is 19.6. The van der Waals surface area contributed by atoms with Crippen LogP contribution in [0.3, 0.4) is 0 Å². The molecule has 0 aliphatic heterocycles. The van der Waals surface area contributed by atoms with Crippen LogP contribution in [0.4, 0.5) is 0 Å². The Balaban J connectivity index is 1.24. The van der Waals surface area contributed by atoms with Crippen LogP contribution in [-0.2, 0) is 0 Å². The molecular weight excluding hydrogens is 704 g/mol. The molecule has 0 aliphatic rings. The Morgan fingerprint density at radius 3 is 1.28 bits per heavy atom. The monoisotopic (exact) mass is 741 g/mol. The Bertz CT molecular complexity index is 3370. The van der Waals surface area contributed by atoms with Crippen LogP contribution in [0, 0.1) is 0 Å². The molecule has 0 atom stereocenters. The van der Waals surface area contributed by atoms with E-state index in [0.29, 0.717) is 5.56 Å².